The number of pyridine rings is 4. The summed E-state index contributed by atoms with van der Waals surface area (Å²) >= 11 is 6.17. The molecule has 5 aromatic rings. The molecule has 1 fully saturated rings. The summed E-state index contributed by atoms with van der Waals surface area (Å²) in [6.07, 6.45) is 6.32. The van der Waals surface area contributed by atoms with Gasteiger partial charge < -0.3 is 9.30 Å². The molecule has 0 aliphatic carbocycles. The second-order valence-electron chi connectivity index (χ2n) is 9.66. The zero-order valence-corrected chi connectivity index (χ0v) is 23.4. The van der Waals surface area contributed by atoms with Crippen molar-refractivity contribution in [3.8, 4) is 22.4 Å². The van der Waals surface area contributed by atoms with Crippen molar-refractivity contribution in [3.05, 3.63) is 88.3 Å². The molecule has 0 N–H and O–H groups in total. The number of aromatic nitrogens is 4. The third-order valence-electron chi connectivity index (χ3n) is 6.74. The molecule has 0 unspecified atom stereocenters. The molecule has 6 rings (SSSR count). The van der Waals surface area contributed by atoms with E-state index < -0.39 is 5.82 Å². The standard InChI is InChI=1S/C28H23ClFN5O2.C3H8/c29-18-3-4-24(30)23(14-18)25-15-21(20-2-1-6-32-28(20)33-25)22-16-27(36)35(26-17-31-7-5-19(22)26)9-8-34-10-12-37-13-11-34;1-3-2/h1-7,14-17H,8-13H2;3H2,1-2H3. The van der Waals surface area contributed by atoms with Crippen LogP contribution in [0.4, 0.5) is 4.39 Å². The lowest BCUT2D eigenvalue weighted by Gasteiger charge is -2.27. The maximum atomic E-state index is 14.8. The Morgan fingerprint density at radius 1 is 0.950 bits per heavy atom. The molecule has 7 nitrogen and oxygen atoms in total. The molecule has 0 spiro atoms. The van der Waals surface area contributed by atoms with Gasteiger partial charge in [0.1, 0.15) is 5.82 Å². The van der Waals surface area contributed by atoms with Gasteiger partial charge in [-0.25, -0.2) is 14.4 Å². The first-order valence-corrected chi connectivity index (χ1v) is 13.9. The Labute approximate surface area is 237 Å². The molecule has 40 heavy (non-hydrogen) atoms. The highest BCUT2D eigenvalue weighted by Crippen LogP contribution is 2.35. The number of ether oxygens (including phenoxy) is 1. The molecular weight excluding hydrogens is 529 g/mol. The van der Waals surface area contributed by atoms with Crippen LogP contribution in [-0.4, -0.2) is 57.3 Å². The van der Waals surface area contributed by atoms with Crippen LogP contribution in [0, 0.1) is 5.82 Å². The van der Waals surface area contributed by atoms with Gasteiger partial charge in [0, 0.05) is 66.0 Å². The van der Waals surface area contributed by atoms with Crippen molar-refractivity contribution in [3.63, 3.8) is 0 Å². The minimum atomic E-state index is -0.439. The van der Waals surface area contributed by atoms with E-state index in [0.717, 1.165) is 41.5 Å². The Morgan fingerprint density at radius 3 is 2.52 bits per heavy atom. The lowest BCUT2D eigenvalue weighted by Crippen LogP contribution is -2.39. The topological polar surface area (TPSA) is 73.1 Å². The zero-order chi connectivity index (χ0) is 28.1. The average Bonchev–Trinajstić information content (AvgIpc) is 2.98. The third-order valence-corrected chi connectivity index (χ3v) is 6.97. The predicted octanol–water partition coefficient (Wildman–Crippen LogP) is 6.21. The quantitative estimate of drug-likeness (QED) is 0.255. The zero-order valence-electron chi connectivity index (χ0n) is 22.6. The summed E-state index contributed by atoms with van der Waals surface area (Å²) in [6.45, 7) is 8.64. The Balaban J connectivity index is 0.00000103. The van der Waals surface area contributed by atoms with Crippen molar-refractivity contribution < 1.29 is 9.13 Å². The van der Waals surface area contributed by atoms with Crippen LogP contribution in [0.2, 0.25) is 5.02 Å². The molecule has 5 heterocycles. The van der Waals surface area contributed by atoms with Gasteiger partial charge in [-0.05, 0) is 53.6 Å². The fraction of sp³-hybridized carbons (Fsp3) is 0.290. The highest BCUT2D eigenvalue weighted by atomic mass is 35.5. The van der Waals surface area contributed by atoms with E-state index in [4.69, 9.17) is 16.3 Å². The van der Waals surface area contributed by atoms with Crippen LogP contribution in [0.1, 0.15) is 20.3 Å². The van der Waals surface area contributed by atoms with E-state index in [0.29, 0.717) is 41.7 Å². The predicted molar refractivity (Wildman–Crippen MR) is 158 cm³/mol. The van der Waals surface area contributed by atoms with Crippen molar-refractivity contribution in [2.24, 2.45) is 0 Å². The summed E-state index contributed by atoms with van der Waals surface area (Å²) in [7, 11) is 0. The first-order valence-electron chi connectivity index (χ1n) is 13.5. The summed E-state index contributed by atoms with van der Waals surface area (Å²) in [5, 5.41) is 2.03. The van der Waals surface area contributed by atoms with Crippen LogP contribution >= 0.6 is 11.6 Å². The Morgan fingerprint density at radius 2 is 1.73 bits per heavy atom. The number of fused-ring (bicyclic) bond motifs is 2. The van der Waals surface area contributed by atoms with Crippen LogP contribution in [0.5, 0.6) is 0 Å². The number of morpholine rings is 1. The number of nitrogens with zero attached hydrogens (tertiary/aromatic N) is 5. The van der Waals surface area contributed by atoms with Crippen molar-refractivity contribution in [1.82, 2.24) is 24.4 Å². The van der Waals surface area contributed by atoms with Crippen LogP contribution in [-0.2, 0) is 11.3 Å². The van der Waals surface area contributed by atoms with Gasteiger partial charge in [0.05, 0.1) is 30.6 Å². The van der Waals surface area contributed by atoms with E-state index in [-0.39, 0.29) is 11.1 Å². The highest BCUT2D eigenvalue weighted by molar-refractivity contribution is 6.30. The molecule has 9 heteroatoms. The molecule has 0 amide bonds. The van der Waals surface area contributed by atoms with Crippen LogP contribution in [0.25, 0.3) is 44.3 Å². The summed E-state index contributed by atoms with van der Waals surface area (Å²) in [4.78, 5) is 29.1. The van der Waals surface area contributed by atoms with Gasteiger partial charge in [0.2, 0.25) is 0 Å². The average molecular weight is 560 g/mol. The van der Waals surface area contributed by atoms with Crippen molar-refractivity contribution in [2.75, 3.05) is 32.8 Å². The van der Waals surface area contributed by atoms with Crippen LogP contribution in [0.15, 0.2) is 71.9 Å². The van der Waals surface area contributed by atoms with E-state index in [1.54, 1.807) is 41.4 Å². The molecule has 0 atom stereocenters. The number of halogens is 2. The number of benzene rings is 1. The smallest absolute Gasteiger partial charge is 0.251 e. The Bertz CT molecular complexity index is 1700. The van der Waals surface area contributed by atoms with Crippen molar-refractivity contribution in [2.45, 2.75) is 26.8 Å². The van der Waals surface area contributed by atoms with E-state index in [9.17, 15) is 9.18 Å². The summed E-state index contributed by atoms with van der Waals surface area (Å²) in [6, 6.07) is 13.4. The van der Waals surface area contributed by atoms with E-state index in [2.05, 4.69) is 33.7 Å². The maximum Gasteiger partial charge on any atom is 0.251 e. The fourth-order valence-corrected chi connectivity index (χ4v) is 5.03. The second kappa shape index (κ2) is 12.6. The summed E-state index contributed by atoms with van der Waals surface area (Å²) < 4.78 is 22.0. The van der Waals surface area contributed by atoms with E-state index in [1.807, 2.05) is 18.2 Å². The fourth-order valence-electron chi connectivity index (χ4n) is 4.86. The monoisotopic (exact) mass is 559 g/mol. The van der Waals surface area contributed by atoms with E-state index in [1.165, 1.54) is 18.6 Å². The first-order chi connectivity index (χ1) is 19.5. The normalized spacial score (nSPS) is 13.8. The van der Waals surface area contributed by atoms with Gasteiger partial charge in [-0.3, -0.25) is 14.7 Å². The minimum Gasteiger partial charge on any atom is -0.379 e. The number of hydrogen-bond acceptors (Lipinski definition) is 6. The van der Waals surface area contributed by atoms with Gasteiger partial charge in [0.25, 0.3) is 5.56 Å². The molecule has 0 saturated carbocycles. The highest BCUT2D eigenvalue weighted by Gasteiger charge is 2.18. The van der Waals surface area contributed by atoms with Crippen molar-refractivity contribution in [1.29, 1.82) is 0 Å². The lowest BCUT2D eigenvalue weighted by atomic mass is 9.97. The molecule has 206 valence electrons. The van der Waals surface area contributed by atoms with Crippen LogP contribution < -0.4 is 5.56 Å². The first kappa shape index (κ1) is 27.8. The minimum absolute atomic E-state index is 0.131. The summed E-state index contributed by atoms with van der Waals surface area (Å²) in [5.74, 6) is -0.439. The van der Waals surface area contributed by atoms with Gasteiger partial charge in [-0.1, -0.05) is 31.9 Å². The molecule has 1 aromatic carbocycles. The Hall–Kier alpha value is -3.72. The molecule has 0 bridgehead atoms. The molecular formula is C31H31ClFN5O2. The van der Waals surface area contributed by atoms with E-state index >= 15 is 0 Å². The molecule has 4 aromatic heterocycles. The van der Waals surface area contributed by atoms with Gasteiger partial charge >= 0.3 is 0 Å². The number of hydrogen-bond donors (Lipinski definition) is 0. The SMILES string of the molecule is CCC.O=c1cc(-c2cc(-c3cc(Cl)ccc3F)nc3ncccc23)c2ccncc2n1CCN1CCOCC1. The molecule has 1 saturated heterocycles. The molecule has 1 aliphatic heterocycles. The maximum absolute atomic E-state index is 14.8. The Kier molecular flexibility index (Phi) is 8.79. The summed E-state index contributed by atoms with van der Waals surface area (Å²) in [5.41, 5.74) is 3.17. The molecule has 0 radical (unpaired) electrons. The third kappa shape index (κ3) is 5.89. The van der Waals surface area contributed by atoms with Gasteiger partial charge in [-0.15, -0.1) is 0 Å². The van der Waals surface area contributed by atoms with Crippen LogP contribution in [0.3, 0.4) is 0 Å². The van der Waals surface area contributed by atoms with Gasteiger partial charge in [-0.2, -0.15) is 0 Å². The largest absolute Gasteiger partial charge is 0.379 e. The van der Waals surface area contributed by atoms with Gasteiger partial charge in [0.15, 0.2) is 5.65 Å². The second-order valence-corrected chi connectivity index (χ2v) is 10.1. The number of rotatable bonds is 5. The molecule has 1 aliphatic rings. The lowest BCUT2D eigenvalue weighted by molar-refractivity contribution is 0.0364. The van der Waals surface area contributed by atoms with Crippen molar-refractivity contribution >= 4 is 33.5 Å².